The maximum Gasteiger partial charge on any atom is 0.0881 e. The topological polar surface area (TPSA) is 43.4 Å². The average Bonchev–Trinajstić information content (AvgIpc) is 2.79. The van der Waals surface area contributed by atoms with Crippen molar-refractivity contribution in [2.75, 3.05) is 19.7 Å². The number of nitrogens with zero attached hydrogens (tertiary/aromatic N) is 2. The van der Waals surface area contributed by atoms with E-state index in [1.54, 1.807) is 0 Å². The molecule has 0 amide bonds. The summed E-state index contributed by atoms with van der Waals surface area (Å²) in [6.45, 7) is 8.42. The zero-order valence-corrected chi connectivity index (χ0v) is 13.4. The molecule has 21 heavy (non-hydrogen) atoms. The molecule has 2 N–H and O–H groups in total. The molecule has 0 saturated carbocycles. The molecule has 1 fully saturated rings. The third kappa shape index (κ3) is 3.50. The second kappa shape index (κ2) is 6.51. The molecule has 0 bridgehead atoms. The van der Waals surface area contributed by atoms with E-state index >= 15 is 0 Å². The fourth-order valence-electron chi connectivity index (χ4n) is 3.61. The Bertz CT molecular complexity index is 469. The molecule has 4 heteroatoms. The minimum atomic E-state index is 0.225. The van der Waals surface area contributed by atoms with E-state index < -0.39 is 0 Å². The number of morpholine rings is 1. The molecule has 1 saturated heterocycles. The summed E-state index contributed by atoms with van der Waals surface area (Å²) in [7, 11) is 0. The monoisotopic (exact) mass is 291 g/mol. The quantitative estimate of drug-likeness (QED) is 0.869. The van der Waals surface area contributed by atoms with Gasteiger partial charge in [-0.05, 0) is 44.2 Å². The van der Waals surface area contributed by atoms with E-state index in [1.165, 1.54) is 30.4 Å². The van der Waals surface area contributed by atoms with Crippen LogP contribution < -0.4 is 5.73 Å². The molecule has 1 aliphatic heterocycles. The van der Waals surface area contributed by atoms with Crippen molar-refractivity contribution in [3.05, 3.63) is 23.5 Å². The lowest BCUT2D eigenvalue weighted by Crippen LogP contribution is -2.47. The number of nitrogens with two attached hydrogens (primary N) is 1. The molecule has 3 rings (SSSR count). The Morgan fingerprint density at radius 1 is 1.33 bits per heavy atom. The maximum atomic E-state index is 6.30. The Kier molecular flexibility index (Phi) is 4.67. The second-order valence-corrected chi connectivity index (χ2v) is 6.87. The third-order valence-electron chi connectivity index (χ3n) is 4.92. The number of hydrogen-bond acceptors (Lipinski definition) is 3. The maximum absolute atomic E-state index is 6.30. The van der Waals surface area contributed by atoms with Gasteiger partial charge in [0.15, 0.2) is 0 Å². The molecule has 1 aliphatic carbocycles. The lowest BCUT2D eigenvalue weighted by molar-refractivity contribution is -0.0455. The first-order valence-corrected chi connectivity index (χ1v) is 8.43. The Morgan fingerprint density at radius 3 is 3.00 bits per heavy atom. The number of rotatable bonds is 3. The fraction of sp³-hybridized carbons (Fsp3) is 0.765. The highest BCUT2D eigenvalue weighted by Gasteiger charge is 2.23. The van der Waals surface area contributed by atoms with Crippen LogP contribution in [0.5, 0.6) is 0 Å². The smallest absolute Gasteiger partial charge is 0.0881 e. The molecule has 2 atom stereocenters. The van der Waals surface area contributed by atoms with Gasteiger partial charge in [-0.1, -0.05) is 6.42 Å². The fourth-order valence-corrected chi connectivity index (χ4v) is 3.61. The van der Waals surface area contributed by atoms with Crippen molar-refractivity contribution in [1.29, 1.82) is 0 Å². The molecule has 1 aromatic heterocycles. The summed E-state index contributed by atoms with van der Waals surface area (Å²) < 4.78 is 8.26. The van der Waals surface area contributed by atoms with Gasteiger partial charge in [0, 0.05) is 44.1 Å². The van der Waals surface area contributed by atoms with E-state index in [0.717, 1.165) is 32.7 Å². The van der Waals surface area contributed by atoms with E-state index in [4.69, 9.17) is 10.5 Å². The molecule has 1 aromatic rings. The number of ether oxygens (including phenoxy) is 1. The van der Waals surface area contributed by atoms with E-state index in [9.17, 15) is 0 Å². The molecular weight excluding hydrogens is 262 g/mol. The van der Waals surface area contributed by atoms with Gasteiger partial charge >= 0.3 is 0 Å². The van der Waals surface area contributed by atoms with Crippen LogP contribution in [0, 0.1) is 0 Å². The summed E-state index contributed by atoms with van der Waals surface area (Å²) in [5.41, 5.74) is 9.12. The first-order valence-electron chi connectivity index (χ1n) is 8.43. The largest absolute Gasteiger partial charge is 0.374 e. The lowest BCUT2D eigenvalue weighted by atomic mass is 10.1. The van der Waals surface area contributed by atoms with Crippen LogP contribution in [0.3, 0.4) is 0 Å². The SMILES string of the molecule is CC(C)N1CCOC(Cn2cc3c(c2)C(N)CCCC3)C1. The van der Waals surface area contributed by atoms with E-state index in [0.29, 0.717) is 12.1 Å². The van der Waals surface area contributed by atoms with Gasteiger partial charge in [-0.25, -0.2) is 0 Å². The molecule has 0 spiro atoms. The number of fused-ring (bicyclic) bond motifs is 1. The Labute approximate surface area is 128 Å². The minimum absolute atomic E-state index is 0.225. The Balaban J connectivity index is 1.67. The van der Waals surface area contributed by atoms with Gasteiger partial charge in [0.05, 0.1) is 12.7 Å². The molecule has 118 valence electrons. The molecule has 2 unspecified atom stereocenters. The van der Waals surface area contributed by atoms with Crippen LogP contribution in [0.1, 0.15) is 50.3 Å². The van der Waals surface area contributed by atoms with E-state index in [1.807, 2.05) is 0 Å². The normalized spacial score (nSPS) is 27.6. The summed E-state index contributed by atoms with van der Waals surface area (Å²) in [5, 5.41) is 0. The van der Waals surface area contributed by atoms with Crippen LogP contribution in [0.25, 0.3) is 0 Å². The van der Waals surface area contributed by atoms with Crippen molar-refractivity contribution in [3.8, 4) is 0 Å². The van der Waals surface area contributed by atoms with E-state index in [-0.39, 0.29) is 6.04 Å². The molecule has 0 aromatic carbocycles. The van der Waals surface area contributed by atoms with Crippen molar-refractivity contribution >= 4 is 0 Å². The van der Waals surface area contributed by atoms with Gasteiger partial charge in [0.25, 0.3) is 0 Å². The van der Waals surface area contributed by atoms with Crippen LogP contribution in [0.4, 0.5) is 0 Å². The van der Waals surface area contributed by atoms with Crippen molar-refractivity contribution < 1.29 is 4.74 Å². The molecular formula is C17H29N3O. The molecule has 0 radical (unpaired) electrons. The molecule has 2 heterocycles. The second-order valence-electron chi connectivity index (χ2n) is 6.87. The highest BCUT2D eigenvalue weighted by molar-refractivity contribution is 5.28. The van der Waals surface area contributed by atoms with Gasteiger partial charge in [-0.3, -0.25) is 4.90 Å². The number of aryl methyl sites for hydroxylation is 1. The lowest BCUT2D eigenvalue weighted by Gasteiger charge is -2.35. The van der Waals surface area contributed by atoms with Gasteiger partial charge in [-0.15, -0.1) is 0 Å². The highest BCUT2D eigenvalue weighted by Crippen LogP contribution is 2.28. The van der Waals surface area contributed by atoms with Crippen molar-refractivity contribution in [3.63, 3.8) is 0 Å². The number of aromatic nitrogens is 1. The van der Waals surface area contributed by atoms with Crippen molar-refractivity contribution in [2.24, 2.45) is 5.73 Å². The molecule has 4 nitrogen and oxygen atoms in total. The van der Waals surface area contributed by atoms with Crippen LogP contribution >= 0.6 is 0 Å². The van der Waals surface area contributed by atoms with E-state index in [2.05, 4.69) is 35.7 Å². The summed E-state index contributed by atoms with van der Waals surface area (Å²) in [6, 6.07) is 0.828. The predicted molar refractivity (Wildman–Crippen MR) is 85.4 cm³/mol. The summed E-state index contributed by atoms with van der Waals surface area (Å²) in [4.78, 5) is 2.51. The first-order chi connectivity index (χ1) is 10.1. The van der Waals surface area contributed by atoms with Crippen molar-refractivity contribution in [2.45, 2.75) is 64.3 Å². The average molecular weight is 291 g/mol. The highest BCUT2D eigenvalue weighted by atomic mass is 16.5. The van der Waals surface area contributed by atoms with Crippen LogP contribution in [-0.2, 0) is 17.7 Å². The Hall–Kier alpha value is -0.840. The minimum Gasteiger partial charge on any atom is -0.374 e. The third-order valence-corrected chi connectivity index (χ3v) is 4.92. The van der Waals surface area contributed by atoms with Crippen LogP contribution in [0.2, 0.25) is 0 Å². The first kappa shape index (κ1) is 15.1. The van der Waals surface area contributed by atoms with Crippen molar-refractivity contribution in [1.82, 2.24) is 9.47 Å². The summed E-state index contributed by atoms with van der Waals surface area (Å²) in [5.74, 6) is 0. The predicted octanol–water partition coefficient (Wildman–Crippen LogP) is 2.32. The summed E-state index contributed by atoms with van der Waals surface area (Å²) >= 11 is 0. The van der Waals surface area contributed by atoms with Gasteiger partial charge in [-0.2, -0.15) is 0 Å². The van der Waals surface area contributed by atoms with Crippen LogP contribution in [0.15, 0.2) is 12.4 Å². The summed E-state index contributed by atoms with van der Waals surface area (Å²) in [6.07, 6.45) is 9.70. The number of hydrogen-bond donors (Lipinski definition) is 1. The van der Waals surface area contributed by atoms with Gasteiger partial charge < -0.3 is 15.0 Å². The zero-order chi connectivity index (χ0) is 14.8. The van der Waals surface area contributed by atoms with Gasteiger partial charge in [0.1, 0.15) is 0 Å². The van der Waals surface area contributed by atoms with Crippen LogP contribution in [-0.4, -0.2) is 41.3 Å². The standard InChI is InChI=1S/C17H29N3O/c1-13(2)20-7-8-21-15(11-20)10-19-9-14-5-3-4-6-17(18)16(14)12-19/h9,12-13,15,17H,3-8,10-11,18H2,1-2H3. The Morgan fingerprint density at radius 2 is 2.19 bits per heavy atom. The van der Waals surface area contributed by atoms with Gasteiger partial charge in [0.2, 0.25) is 0 Å². The molecule has 2 aliphatic rings. The zero-order valence-electron chi connectivity index (χ0n) is 13.4.